The highest BCUT2D eigenvalue weighted by molar-refractivity contribution is 5.42. The third kappa shape index (κ3) is 4.92. The first-order valence-corrected chi connectivity index (χ1v) is 11.2. The lowest BCUT2D eigenvalue weighted by molar-refractivity contribution is -0.231. The molecular weight excluding hydrogens is 412 g/mol. The van der Waals surface area contributed by atoms with Crippen LogP contribution >= 0.6 is 0 Å². The molecule has 7 heteroatoms. The Bertz CT molecular complexity index is 876. The minimum absolute atomic E-state index is 0.316. The van der Waals surface area contributed by atoms with Crippen molar-refractivity contribution in [2.45, 2.75) is 68.7 Å². The fraction of sp³-hybridized carbons (Fsp3) is 0.520. The molecule has 1 aliphatic carbocycles. The highest BCUT2D eigenvalue weighted by atomic mass is 16.5. The van der Waals surface area contributed by atoms with Crippen molar-refractivity contribution >= 4 is 0 Å². The van der Waals surface area contributed by atoms with Crippen molar-refractivity contribution < 1.29 is 34.6 Å². The SMILES string of the molecule is COc1ccc([C@@H]2O[C@H](CO)[C@@H](O)[C@H](O)C2O)cc1Cc1ccc(OC2CCCC2)cc1. The molecule has 0 spiro atoms. The van der Waals surface area contributed by atoms with Gasteiger partial charge in [0.2, 0.25) is 0 Å². The van der Waals surface area contributed by atoms with Crippen LogP contribution in [0.4, 0.5) is 0 Å². The maximum Gasteiger partial charge on any atom is 0.122 e. The minimum atomic E-state index is -1.41. The van der Waals surface area contributed by atoms with Gasteiger partial charge in [-0.2, -0.15) is 0 Å². The van der Waals surface area contributed by atoms with Crippen molar-refractivity contribution in [2.75, 3.05) is 13.7 Å². The molecule has 5 atom stereocenters. The van der Waals surface area contributed by atoms with Crippen LogP contribution in [0.5, 0.6) is 11.5 Å². The molecule has 2 aromatic carbocycles. The molecule has 1 saturated heterocycles. The quantitative estimate of drug-likeness (QED) is 0.518. The molecule has 1 unspecified atom stereocenters. The third-order valence-corrected chi connectivity index (χ3v) is 6.45. The largest absolute Gasteiger partial charge is 0.496 e. The molecule has 0 aromatic heterocycles. The first kappa shape index (κ1) is 23.0. The number of hydrogen-bond donors (Lipinski definition) is 4. The monoisotopic (exact) mass is 444 g/mol. The third-order valence-electron chi connectivity index (χ3n) is 6.45. The van der Waals surface area contributed by atoms with Gasteiger partial charge in [-0.15, -0.1) is 0 Å². The summed E-state index contributed by atoms with van der Waals surface area (Å²) in [5, 5.41) is 40.1. The van der Waals surface area contributed by atoms with E-state index in [2.05, 4.69) is 0 Å². The molecule has 4 N–H and O–H groups in total. The fourth-order valence-corrected chi connectivity index (χ4v) is 4.60. The summed E-state index contributed by atoms with van der Waals surface area (Å²) in [5.41, 5.74) is 2.61. The Morgan fingerprint density at radius 1 is 0.938 bits per heavy atom. The van der Waals surface area contributed by atoms with E-state index in [0.717, 1.165) is 29.7 Å². The number of hydrogen-bond acceptors (Lipinski definition) is 7. The number of benzene rings is 2. The molecule has 1 heterocycles. The molecular formula is C25H32O7. The Morgan fingerprint density at radius 3 is 2.31 bits per heavy atom. The summed E-state index contributed by atoms with van der Waals surface area (Å²) in [4.78, 5) is 0. The zero-order valence-corrected chi connectivity index (χ0v) is 18.3. The molecule has 174 valence electrons. The highest BCUT2D eigenvalue weighted by Crippen LogP contribution is 2.35. The second-order valence-electron chi connectivity index (χ2n) is 8.67. The first-order chi connectivity index (χ1) is 15.5. The van der Waals surface area contributed by atoms with Gasteiger partial charge in [0.1, 0.15) is 42.0 Å². The summed E-state index contributed by atoms with van der Waals surface area (Å²) < 4.78 is 17.3. The van der Waals surface area contributed by atoms with E-state index in [1.165, 1.54) is 12.8 Å². The van der Waals surface area contributed by atoms with Crippen LogP contribution in [0.2, 0.25) is 0 Å². The van der Waals surface area contributed by atoms with E-state index in [4.69, 9.17) is 14.2 Å². The van der Waals surface area contributed by atoms with Crippen LogP contribution in [0.3, 0.4) is 0 Å². The zero-order chi connectivity index (χ0) is 22.7. The average Bonchev–Trinajstić information content (AvgIpc) is 3.32. The fourth-order valence-electron chi connectivity index (χ4n) is 4.60. The van der Waals surface area contributed by atoms with Crippen LogP contribution in [0.25, 0.3) is 0 Å². The molecule has 32 heavy (non-hydrogen) atoms. The Hall–Kier alpha value is -2.16. The van der Waals surface area contributed by atoms with Crippen LogP contribution in [0.15, 0.2) is 42.5 Å². The van der Waals surface area contributed by atoms with Crippen LogP contribution < -0.4 is 9.47 Å². The average molecular weight is 445 g/mol. The van der Waals surface area contributed by atoms with Crippen LogP contribution in [0, 0.1) is 0 Å². The van der Waals surface area contributed by atoms with Crippen molar-refractivity contribution in [3.63, 3.8) is 0 Å². The molecule has 4 rings (SSSR count). The maximum absolute atomic E-state index is 10.5. The van der Waals surface area contributed by atoms with Gasteiger partial charge in [0, 0.05) is 6.42 Å². The molecule has 2 fully saturated rings. The van der Waals surface area contributed by atoms with Gasteiger partial charge in [0.05, 0.1) is 19.8 Å². The Balaban J connectivity index is 1.52. The lowest BCUT2D eigenvalue weighted by Crippen LogP contribution is -2.55. The smallest absolute Gasteiger partial charge is 0.122 e. The lowest BCUT2D eigenvalue weighted by Gasteiger charge is -2.40. The van der Waals surface area contributed by atoms with E-state index >= 15 is 0 Å². The lowest BCUT2D eigenvalue weighted by atomic mass is 9.90. The predicted octanol–water partition coefficient (Wildman–Crippen LogP) is 2.12. The molecule has 0 bridgehead atoms. The predicted molar refractivity (Wildman–Crippen MR) is 118 cm³/mol. The van der Waals surface area contributed by atoms with Crippen molar-refractivity contribution in [2.24, 2.45) is 0 Å². The summed E-state index contributed by atoms with van der Waals surface area (Å²) in [5.74, 6) is 1.58. The highest BCUT2D eigenvalue weighted by Gasteiger charge is 2.44. The maximum atomic E-state index is 10.5. The van der Waals surface area contributed by atoms with E-state index < -0.39 is 37.1 Å². The molecule has 1 saturated carbocycles. The van der Waals surface area contributed by atoms with Crippen molar-refractivity contribution in [1.82, 2.24) is 0 Å². The topological polar surface area (TPSA) is 109 Å². The van der Waals surface area contributed by atoms with Gasteiger partial charge in [0.25, 0.3) is 0 Å². The molecule has 1 aliphatic heterocycles. The molecule has 2 aromatic rings. The van der Waals surface area contributed by atoms with Gasteiger partial charge >= 0.3 is 0 Å². The molecule has 2 aliphatic rings. The zero-order valence-electron chi connectivity index (χ0n) is 18.3. The Kier molecular flexibility index (Phi) is 7.33. The first-order valence-electron chi connectivity index (χ1n) is 11.2. The van der Waals surface area contributed by atoms with Crippen LogP contribution in [-0.2, 0) is 11.2 Å². The van der Waals surface area contributed by atoms with Gasteiger partial charge in [-0.1, -0.05) is 18.2 Å². The standard InChI is InChI=1S/C25H32O7/c1-30-20-11-8-16(25-24(29)23(28)22(27)21(14-26)32-25)13-17(20)12-15-6-9-19(10-7-15)31-18-4-2-3-5-18/h6-11,13,18,21-29H,2-5,12,14H2,1H3/t21-,22-,23+,24?,25+/m1/s1. The van der Waals surface area contributed by atoms with Crippen molar-refractivity contribution in [1.29, 1.82) is 0 Å². The molecule has 7 nitrogen and oxygen atoms in total. The number of methoxy groups -OCH3 is 1. The molecule has 0 amide bonds. The molecule has 0 radical (unpaired) electrons. The van der Waals surface area contributed by atoms with Crippen LogP contribution in [0.1, 0.15) is 48.5 Å². The van der Waals surface area contributed by atoms with E-state index in [0.29, 0.717) is 23.8 Å². The summed E-state index contributed by atoms with van der Waals surface area (Å²) in [7, 11) is 1.60. The van der Waals surface area contributed by atoms with Gasteiger partial charge < -0.3 is 34.6 Å². The number of aliphatic hydroxyl groups is 4. The van der Waals surface area contributed by atoms with Crippen molar-refractivity contribution in [3.8, 4) is 11.5 Å². The van der Waals surface area contributed by atoms with Gasteiger partial charge in [-0.3, -0.25) is 0 Å². The van der Waals surface area contributed by atoms with E-state index in [9.17, 15) is 20.4 Å². The van der Waals surface area contributed by atoms with Gasteiger partial charge in [-0.05, 0) is 66.6 Å². The minimum Gasteiger partial charge on any atom is -0.496 e. The Labute approximate surface area is 188 Å². The van der Waals surface area contributed by atoms with E-state index in [1.807, 2.05) is 30.3 Å². The van der Waals surface area contributed by atoms with Crippen molar-refractivity contribution in [3.05, 3.63) is 59.2 Å². The summed E-state index contributed by atoms with van der Waals surface area (Å²) >= 11 is 0. The van der Waals surface area contributed by atoms with E-state index in [1.54, 1.807) is 19.2 Å². The van der Waals surface area contributed by atoms with Crippen LogP contribution in [-0.4, -0.2) is 64.7 Å². The van der Waals surface area contributed by atoms with E-state index in [-0.39, 0.29) is 0 Å². The number of ether oxygens (including phenoxy) is 3. The second kappa shape index (κ2) is 10.2. The normalized spacial score (nSPS) is 28.6. The number of aliphatic hydroxyl groups excluding tert-OH is 4. The Morgan fingerprint density at radius 2 is 1.66 bits per heavy atom. The summed E-state index contributed by atoms with van der Waals surface area (Å²) in [6.07, 6.45) is -0.338. The second-order valence-corrected chi connectivity index (χ2v) is 8.67. The van der Waals surface area contributed by atoms with Gasteiger partial charge in [-0.25, -0.2) is 0 Å². The summed E-state index contributed by atoms with van der Waals surface area (Å²) in [6.45, 7) is -0.459. The summed E-state index contributed by atoms with van der Waals surface area (Å²) in [6, 6.07) is 13.5. The number of rotatable bonds is 7. The van der Waals surface area contributed by atoms with Gasteiger partial charge in [0.15, 0.2) is 0 Å².